The van der Waals surface area contributed by atoms with Gasteiger partial charge < -0.3 is 20.9 Å². The lowest BCUT2D eigenvalue weighted by Crippen LogP contribution is -2.51. The molecule has 0 aliphatic carbocycles. The Kier molecular flexibility index (Phi) is 7.11. The molecule has 0 saturated carbocycles. The lowest BCUT2D eigenvalue weighted by atomic mass is 10.0. The predicted molar refractivity (Wildman–Crippen MR) is 121 cm³/mol. The van der Waals surface area contributed by atoms with Crippen molar-refractivity contribution in [2.24, 2.45) is 5.73 Å². The van der Waals surface area contributed by atoms with Gasteiger partial charge in [0.2, 0.25) is 5.91 Å². The van der Waals surface area contributed by atoms with Gasteiger partial charge in [-0.2, -0.15) is 0 Å². The zero-order valence-corrected chi connectivity index (χ0v) is 17.5. The van der Waals surface area contributed by atoms with E-state index in [1.54, 1.807) is 24.3 Å². The van der Waals surface area contributed by atoms with E-state index in [4.69, 9.17) is 27.2 Å². The van der Waals surface area contributed by atoms with E-state index in [1.165, 1.54) is 12.5 Å². The van der Waals surface area contributed by atoms with Crippen molar-refractivity contribution in [2.75, 3.05) is 18.5 Å². The van der Waals surface area contributed by atoms with Crippen LogP contribution in [0.15, 0.2) is 72.8 Å². The van der Waals surface area contributed by atoms with Crippen molar-refractivity contribution < 1.29 is 14.6 Å². The van der Waals surface area contributed by atoms with E-state index in [1.807, 2.05) is 24.3 Å². The number of hydrogen-bond donors (Lipinski definition) is 3. The van der Waals surface area contributed by atoms with Crippen LogP contribution in [0.5, 0.6) is 5.75 Å². The highest BCUT2D eigenvalue weighted by atomic mass is 35.5. The van der Waals surface area contributed by atoms with Crippen LogP contribution in [-0.4, -0.2) is 29.8 Å². The maximum absolute atomic E-state index is 12.0. The van der Waals surface area contributed by atoms with Crippen LogP contribution >= 0.6 is 11.6 Å². The molecule has 5 nitrogen and oxygen atoms in total. The standard InChI is InChI=1S/C24H25ClN2O3/c1-24(26,16-28)23(29)27-21-10-12-22(13-11-21)30-15-14-17-2-4-18(5-3-17)19-6-8-20(25)9-7-19/h2-13,28H,14-16,26H2,1H3,(H,27,29)/t24-/m0/s1. The van der Waals surface area contributed by atoms with Gasteiger partial charge >= 0.3 is 0 Å². The third-order valence-electron chi connectivity index (χ3n) is 4.75. The van der Waals surface area contributed by atoms with Gasteiger partial charge in [-0.25, -0.2) is 0 Å². The number of hydrogen-bond acceptors (Lipinski definition) is 4. The second kappa shape index (κ2) is 9.76. The number of nitrogens with two attached hydrogens (primary N) is 1. The van der Waals surface area contributed by atoms with Gasteiger partial charge in [-0.05, 0) is 60.0 Å². The molecule has 4 N–H and O–H groups in total. The Morgan fingerprint density at radius 3 is 2.13 bits per heavy atom. The molecule has 0 unspecified atom stereocenters. The Bertz CT molecular complexity index is 969. The first-order valence-corrected chi connectivity index (χ1v) is 10.0. The van der Waals surface area contributed by atoms with E-state index < -0.39 is 18.1 Å². The fraction of sp³-hybridized carbons (Fsp3) is 0.208. The van der Waals surface area contributed by atoms with Crippen molar-refractivity contribution in [1.29, 1.82) is 0 Å². The molecule has 3 rings (SSSR count). The highest BCUT2D eigenvalue weighted by Gasteiger charge is 2.27. The lowest BCUT2D eigenvalue weighted by Gasteiger charge is -2.20. The summed E-state index contributed by atoms with van der Waals surface area (Å²) in [5.74, 6) is 0.268. The molecular formula is C24H25ClN2O3. The number of benzene rings is 3. The molecule has 1 amide bonds. The molecule has 0 spiro atoms. The SMILES string of the molecule is C[C@](N)(CO)C(=O)Nc1ccc(OCCc2ccc(-c3ccc(Cl)cc3)cc2)cc1. The molecule has 0 heterocycles. The fourth-order valence-corrected chi connectivity index (χ4v) is 2.90. The second-order valence-corrected chi connectivity index (χ2v) is 7.79. The topological polar surface area (TPSA) is 84.6 Å². The number of ether oxygens (including phenoxy) is 1. The quantitative estimate of drug-likeness (QED) is 0.504. The average Bonchev–Trinajstić information content (AvgIpc) is 2.76. The third kappa shape index (κ3) is 5.83. The van der Waals surface area contributed by atoms with E-state index in [-0.39, 0.29) is 0 Å². The Labute approximate surface area is 181 Å². The van der Waals surface area contributed by atoms with Crippen molar-refractivity contribution in [3.8, 4) is 16.9 Å². The Morgan fingerprint density at radius 1 is 1.00 bits per heavy atom. The number of halogens is 1. The summed E-state index contributed by atoms with van der Waals surface area (Å²) in [4.78, 5) is 12.0. The van der Waals surface area contributed by atoms with E-state index in [2.05, 4.69) is 29.6 Å². The molecule has 30 heavy (non-hydrogen) atoms. The van der Waals surface area contributed by atoms with Crippen LogP contribution < -0.4 is 15.8 Å². The van der Waals surface area contributed by atoms with Gasteiger partial charge in [-0.15, -0.1) is 0 Å². The van der Waals surface area contributed by atoms with Crippen LogP contribution in [0.3, 0.4) is 0 Å². The monoisotopic (exact) mass is 424 g/mol. The number of amides is 1. The Morgan fingerprint density at radius 2 is 1.57 bits per heavy atom. The molecule has 6 heteroatoms. The minimum atomic E-state index is -1.32. The summed E-state index contributed by atoms with van der Waals surface area (Å²) in [6.45, 7) is 1.58. The van der Waals surface area contributed by atoms with E-state index in [0.717, 1.165) is 22.6 Å². The summed E-state index contributed by atoms with van der Waals surface area (Å²) in [5, 5.41) is 12.6. The summed E-state index contributed by atoms with van der Waals surface area (Å²) < 4.78 is 5.79. The number of rotatable bonds is 8. The molecule has 0 radical (unpaired) electrons. The van der Waals surface area contributed by atoms with Crippen LogP contribution in [0.2, 0.25) is 5.02 Å². The lowest BCUT2D eigenvalue weighted by molar-refractivity contribution is -0.121. The largest absolute Gasteiger partial charge is 0.493 e. The van der Waals surface area contributed by atoms with Gasteiger partial charge in [0.05, 0.1) is 13.2 Å². The molecule has 0 aliphatic heterocycles. The maximum Gasteiger partial charge on any atom is 0.246 e. The Balaban J connectivity index is 1.49. The van der Waals surface area contributed by atoms with Gasteiger partial charge in [-0.3, -0.25) is 4.79 Å². The Hall–Kier alpha value is -2.86. The molecule has 0 fully saturated rings. The summed E-state index contributed by atoms with van der Waals surface area (Å²) >= 11 is 5.94. The highest BCUT2D eigenvalue weighted by molar-refractivity contribution is 6.30. The molecule has 156 valence electrons. The van der Waals surface area contributed by atoms with Gasteiger partial charge in [-0.1, -0.05) is 48.0 Å². The number of aliphatic hydroxyl groups excluding tert-OH is 1. The summed E-state index contributed by atoms with van der Waals surface area (Å²) in [7, 11) is 0. The fourth-order valence-electron chi connectivity index (χ4n) is 2.77. The second-order valence-electron chi connectivity index (χ2n) is 7.36. The molecule has 1 atom stereocenters. The maximum atomic E-state index is 12.0. The highest BCUT2D eigenvalue weighted by Crippen LogP contribution is 2.22. The van der Waals surface area contributed by atoms with Crippen LogP contribution in [0.25, 0.3) is 11.1 Å². The molecule has 3 aromatic rings. The first-order chi connectivity index (χ1) is 14.4. The average molecular weight is 425 g/mol. The number of aliphatic hydroxyl groups is 1. The van der Waals surface area contributed by atoms with Crippen molar-refractivity contribution >= 4 is 23.2 Å². The first kappa shape index (κ1) is 21.8. The molecule has 0 saturated heterocycles. The van der Waals surface area contributed by atoms with Crippen molar-refractivity contribution in [1.82, 2.24) is 0 Å². The van der Waals surface area contributed by atoms with Gasteiger partial charge in [0.25, 0.3) is 0 Å². The van der Waals surface area contributed by atoms with Gasteiger partial charge in [0.1, 0.15) is 11.3 Å². The summed E-state index contributed by atoms with van der Waals surface area (Å²) in [6, 6.07) is 23.2. The number of carbonyl (C=O) groups excluding carboxylic acids is 1. The van der Waals surface area contributed by atoms with Crippen LogP contribution in [-0.2, 0) is 11.2 Å². The van der Waals surface area contributed by atoms with E-state index in [9.17, 15) is 4.79 Å². The minimum Gasteiger partial charge on any atom is -0.493 e. The molecule has 0 aliphatic rings. The van der Waals surface area contributed by atoms with Crippen molar-refractivity contribution in [2.45, 2.75) is 18.9 Å². The number of carbonyl (C=O) groups is 1. The van der Waals surface area contributed by atoms with E-state index in [0.29, 0.717) is 18.0 Å². The normalized spacial score (nSPS) is 12.8. The third-order valence-corrected chi connectivity index (χ3v) is 5.00. The minimum absolute atomic E-state index is 0.430. The van der Waals surface area contributed by atoms with Crippen molar-refractivity contribution in [3.05, 3.63) is 83.4 Å². The van der Waals surface area contributed by atoms with Crippen molar-refractivity contribution in [3.63, 3.8) is 0 Å². The summed E-state index contributed by atoms with van der Waals surface area (Å²) in [6.07, 6.45) is 0.779. The van der Waals surface area contributed by atoms with Crippen LogP contribution in [0.1, 0.15) is 12.5 Å². The molecular weight excluding hydrogens is 400 g/mol. The van der Waals surface area contributed by atoms with Gasteiger partial charge in [0, 0.05) is 17.1 Å². The molecule has 3 aromatic carbocycles. The van der Waals surface area contributed by atoms with Gasteiger partial charge in [0.15, 0.2) is 0 Å². The molecule has 0 bridgehead atoms. The zero-order valence-electron chi connectivity index (χ0n) is 16.8. The predicted octanol–water partition coefficient (Wildman–Crippen LogP) is 4.28. The van der Waals surface area contributed by atoms with E-state index >= 15 is 0 Å². The smallest absolute Gasteiger partial charge is 0.246 e. The number of nitrogens with one attached hydrogen (secondary N) is 1. The zero-order chi connectivity index (χ0) is 21.6. The number of anilines is 1. The first-order valence-electron chi connectivity index (χ1n) is 9.66. The van der Waals surface area contributed by atoms with Crippen LogP contribution in [0, 0.1) is 0 Å². The summed E-state index contributed by atoms with van der Waals surface area (Å²) in [5.41, 5.74) is 8.44. The molecule has 0 aromatic heterocycles. The van der Waals surface area contributed by atoms with Crippen LogP contribution in [0.4, 0.5) is 5.69 Å².